The fraction of sp³-hybridized carbons (Fsp3) is 0.909. The van der Waals surface area contributed by atoms with Gasteiger partial charge in [0, 0.05) is 19.1 Å². The van der Waals surface area contributed by atoms with Gasteiger partial charge in [-0.3, -0.25) is 9.69 Å². The van der Waals surface area contributed by atoms with Crippen LogP contribution in [0.1, 0.15) is 13.8 Å². The standard InChI is InChI=1S/C11H20N2O2/c1-7(11(14)15)5-13-6-9-3-12-4-10(9)8(13)2/h7-10,12H,3-6H2,1-2H3,(H,14,15). The predicted molar refractivity (Wildman–Crippen MR) is 57.7 cm³/mol. The molecule has 4 nitrogen and oxygen atoms in total. The van der Waals surface area contributed by atoms with Crippen molar-refractivity contribution in [2.24, 2.45) is 17.8 Å². The maximum Gasteiger partial charge on any atom is 0.307 e. The van der Waals surface area contributed by atoms with Crippen LogP contribution in [0.5, 0.6) is 0 Å². The van der Waals surface area contributed by atoms with E-state index >= 15 is 0 Å². The highest BCUT2D eigenvalue weighted by Gasteiger charge is 2.42. The number of aliphatic carboxylic acids is 1. The maximum absolute atomic E-state index is 10.8. The van der Waals surface area contributed by atoms with Crippen LogP contribution in [0.15, 0.2) is 0 Å². The summed E-state index contributed by atoms with van der Waals surface area (Å²) in [6.45, 7) is 7.99. The van der Waals surface area contributed by atoms with Gasteiger partial charge in [-0.25, -0.2) is 0 Å². The molecule has 86 valence electrons. The molecule has 0 aromatic heterocycles. The fourth-order valence-electron chi connectivity index (χ4n) is 2.93. The van der Waals surface area contributed by atoms with E-state index in [-0.39, 0.29) is 5.92 Å². The topological polar surface area (TPSA) is 52.6 Å². The van der Waals surface area contributed by atoms with E-state index in [2.05, 4.69) is 17.1 Å². The zero-order valence-corrected chi connectivity index (χ0v) is 9.44. The molecule has 0 amide bonds. The van der Waals surface area contributed by atoms with E-state index in [0.717, 1.165) is 31.5 Å². The molecule has 2 saturated heterocycles. The summed E-state index contributed by atoms with van der Waals surface area (Å²) in [5, 5.41) is 12.3. The Kier molecular flexibility index (Phi) is 2.98. The molecule has 2 fully saturated rings. The average molecular weight is 212 g/mol. The molecule has 2 aliphatic rings. The van der Waals surface area contributed by atoms with Crippen LogP contribution in [0, 0.1) is 17.8 Å². The number of carbonyl (C=O) groups is 1. The monoisotopic (exact) mass is 212 g/mol. The van der Waals surface area contributed by atoms with Crippen molar-refractivity contribution < 1.29 is 9.90 Å². The molecule has 0 aromatic rings. The van der Waals surface area contributed by atoms with Crippen molar-refractivity contribution in [1.82, 2.24) is 10.2 Å². The average Bonchev–Trinajstić information content (AvgIpc) is 2.71. The second-order valence-corrected chi connectivity index (χ2v) is 5.02. The molecule has 0 saturated carbocycles. The highest BCUT2D eigenvalue weighted by molar-refractivity contribution is 5.69. The molecule has 4 unspecified atom stereocenters. The first-order chi connectivity index (χ1) is 7.09. The first kappa shape index (κ1) is 10.9. The van der Waals surface area contributed by atoms with Gasteiger partial charge in [0.2, 0.25) is 0 Å². The van der Waals surface area contributed by atoms with Crippen LogP contribution < -0.4 is 5.32 Å². The van der Waals surface area contributed by atoms with Gasteiger partial charge in [0.05, 0.1) is 5.92 Å². The van der Waals surface area contributed by atoms with Crippen LogP contribution in [0.2, 0.25) is 0 Å². The first-order valence-corrected chi connectivity index (χ1v) is 5.77. The maximum atomic E-state index is 10.8. The molecule has 0 bridgehead atoms. The van der Waals surface area contributed by atoms with E-state index < -0.39 is 5.97 Å². The minimum Gasteiger partial charge on any atom is -0.481 e. The molecule has 2 N–H and O–H groups in total. The second kappa shape index (κ2) is 4.10. The summed E-state index contributed by atoms with van der Waals surface area (Å²) in [6.07, 6.45) is 0. The second-order valence-electron chi connectivity index (χ2n) is 5.02. The van der Waals surface area contributed by atoms with Crippen LogP contribution in [0.4, 0.5) is 0 Å². The van der Waals surface area contributed by atoms with Gasteiger partial charge in [0.15, 0.2) is 0 Å². The van der Waals surface area contributed by atoms with Crippen molar-refractivity contribution in [3.05, 3.63) is 0 Å². The van der Waals surface area contributed by atoms with Gasteiger partial charge in [0.25, 0.3) is 0 Å². The number of likely N-dealkylation sites (tertiary alicyclic amines) is 1. The van der Waals surface area contributed by atoms with Gasteiger partial charge in [-0.15, -0.1) is 0 Å². The molecule has 0 radical (unpaired) electrons. The molecule has 0 aliphatic carbocycles. The molecule has 0 aromatic carbocycles. The normalized spacial score (nSPS) is 37.9. The highest BCUT2D eigenvalue weighted by Crippen LogP contribution is 2.32. The number of nitrogens with one attached hydrogen (secondary N) is 1. The Morgan fingerprint density at radius 3 is 2.93 bits per heavy atom. The van der Waals surface area contributed by atoms with Crippen molar-refractivity contribution >= 4 is 5.97 Å². The van der Waals surface area contributed by atoms with Gasteiger partial charge in [0.1, 0.15) is 0 Å². The quantitative estimate of drug-likeness (QED) is 0.704. The summed E-state index contributed by atoms with van der Waals surface area (Å²) < 4.78 is 0. The van der Waals surface area contributed by atoms with Crippen molar-refractivity contribution in [3.8, 4) is 0 Å². The Bertz CT molecular complexity index is 257. The van der Waals surface area contributed by atoms with Crippen LogP contribution in [0.25, 0.3) is 0 Å². The van der Waals surface area contributed by atoms with Gasteiger partial charge >= 0.3 is 5.97 Å². The third kappa shape index (κ3) is 2.01. The van der Waals surface area contributed by atoms with Gasteiger partial charge in [-0.05, 0) is 31.8 Å². The molecule has 2 rings (SSSR count). The Balaban J connectivity index is 1.92. The Labute approximate surface area is 90.6 Å². The number of carboxylic acid groups (broad SMARTS) is 1. The summed E-state index contributed by atoms with van der Waals surface area (Å²) >= 11 is 0. The molecule has 0 spiro atoms. The molecule has 15 heavy (non-hydrogen) atoms. The molecule has 2 aliphatic heterocycles. The molecular formula is C11H20N2O2. The van der Waals surface area contributed by atoms with Crippen molar-refractivity contribution in [2.75, 3.05) is 26.2 Å². The van der Waals surface area contributed by atoms with E-state index in [1.165, 1.54) is 0 Å². The minimum absolute atomic E-state index is 0.251. The summed E-state index contributed by atoms with van der Waals surface area (Å²) in [5.41, 5.74) is 0. The van der Waals surface area contributed by atoms with Crippen molar-refractivity contribution in [3.63, 3.8) is 0 Å². The number of carboxylic acids is 1. The molecular weight excluding hydrogens is 192 g/mol. The van der Waals surface area contributed by atoms with E-state index in [9.17, 15) is 4.79 Å². The van der Waals surface area contributed by atoms with E-state index in [4.69, 9.17) is 5.11 Å². The molecule has 4 atom stereocenters. The lowest BCUT2D eigenvalue weighted by molar-refractivity contribution is -0.141. The predicted octanol–water partition coefficient (Wildman–Crippen LogP) is 0.247. The lowest BCUT2D eigenvalue weighted by Gasteiger charge is -2.25. The van der Waals surface area contributed by atoms with Gasteiger partial charge in [-0.2, -0.15) is 0 Å². The van der Waals surface area contributed by atoms with Gasteiger partial charge in [-0.1, -0.05) is 6.92 Å². The Morgan fingerprint density at radius 1 is 1.60 bits per heavy atom. The number of nitrogens with zero attached hydrogens (tertiary/aromatic N) is 1. The van der Waals surface area contributed by atoms with Crippen molar-refractivity contribution in [1.29, 1.82) is 0 Å². The van der Waals surface area contributed by atoms with Crippen molar-refractivity contribution in [2.45, 2.75) is 19.9 Å². The van der Waals surface area contributed by atoms with Crippen LogP contribution in [-0.4, -0.2) is 48.2 Å². The van der Waals surface area contributed by atoms with E-state index in [0.29, 0.717) is 12.6 Å². The summed E-state index contributed by atoms with van der Waals surface area (Å²) in [6, 6.07) is 0.534. The number of fused-ring (bicyclic) bond motifs is 1. The third-order valence-corrected chi connectivity index (χ3v) is 3.99. The van der Waals surface area contributed by atoms with E-state index in [1.807, 2.05) is 0 Å². The first-order valence-electron chi connectivity index (χ1n) is 5.77. The molecule has 4 heteroatoms. The summed E-state index contributed by atoms with van der Waals surface area (Å²) in [5.74, 6) is 0.531. The fourth-order valence-corrected chi connectivity index (χ4v) is 2.93. The number of rotatable bonds is 3. The van der Waals surface area contributed by atoms with Crippen LogP contribution in [0.3, 0.4) is 0 Å². The Hall–Kier alpha value is -0.610. The van der Waals surface area contributed by atoms with Gasteiger partial charge < -0.3 is 10.4 Å². The summed E-state index contributed by atoms with van der Waals surface area (Å²) in [4.78, 5) is 13.1. The van der Waals surface area contributed by atoms with E-state index in [1.54, 1.807) is 6.92 Å². The lowest BCUT2D eigenvalue weighted by atomic mass is 9.95. The molecule has 2 heterocycles. The zero-order valence-electron chi connectivity index (χ0n) is 9.44. The Morgan fingerprint density at radius 2 is 2.33 bits per heavy atom. The SMILES string of the molecule is CC(CN1CC2CNCC2C1C)C(=O)O. The number of hydrogen-bond donors (Lipinski definition) is 2. The third-order valence-electron chi connectivity index (χ3n) is 3.99. The number of hydrogen-bond acceptors (Lipinski definition) is 3. The minimum atomic E-state index is -0.683. The highest BCUT2D eigenvalue weighted by atomic mass is 16.4. The largest absolute Gasteiger partial charge is 0.481 e. The van der Waals surface area contributed by atoms with Crippen LogP contribution in [-0.2, 0) is 4.79 Å². The zero-order chi connectivity index (χ0) is 11.0. The lowest BCUT2D eigenvalue weighted by Crippen LogP contribution is -2.37. The van der Waals surface area contributed by atoms with Crippen LogP contribution >= 0.6 is 0 Å². The smallest absolute Gasteiger partial charge is 0.307 e. The summed E-state index contributed by atoms with van der Waals surface area (Å²) in [7, 11) is 0.